The van der Waals surface area contributed by atoms with E-state index in [4.69, 9.17) is 4.74 Å². The van der Waals surface area contributed by atoms with Crippen LogP contribution in [0.3, 0.4) is 0 Å². The number of ether oxygens (including phenoxy) is 1. The van der Waals surface area contributed by atoms with Gasteiger partial charge in [-0.1, -0.05) is 6.07 Å². The molecule has 0 spiro atoms. The largest absolute Gasteiger partial charge is 0.481 e. The molecule has 1 atom stereocenters. The number of amides is 2. The Morgan fingerprint density at radius 2 is 2.03 bits per heavy atom. The zero-order valence-corrected chi connectivity index (χ0v) is 20.6. The minimum Gasteiger partial charge on any atom is -0.481 e. The molecule has 0 bridgehead atoms. The van der Waals surface area contributed by atoms with E-state index in [0.29, 0.717) is 11.6 Å². The molecule has 2 heterocycles. The van der Waals surface area contributed by atoms with Gasteiger partial charge >= 0.3 is 6.03 Å². The molecular weight excluding hydrogens is 478 g/mol. The molecule has 2 aliphatic rings. The number of rotatable bonds is 5. The molecule has 1 aliphatic carbocycles. The molecule has 0 saturated carbocycles. The number of likely N-dealkylation sites (N-methyl/N-ethyl adjacent to an activating group) is 1. The fourth-order valence-corrected chi connectivity index (χ4v) is 6.27. The highest BCUT2D eigenvalue weighted by Gasteiger charge is 2.35. The molecule has 1 aromatic carbocycles. The Bertz CT molecular complexity index is 1290. The molecule has 1 aliphatic heterocycles. The normalized spacial score (nSPS) is 18.2. The molecule has 1 aromatic heterocycles. The van der Waals surface area contributed by atoms with Crippen molar-refractivity contribution in [3.8, 4) is 17.0 Å². The second-order valence-electron chi connectivity index (χ2n) is 9.01. The topological polar surface area (TPSA) is 101 Å². The highest BCUT2D eigenvalue weighted by Crippen LogP contribution is 2.40. The number of pyridine rings is 1. The molecule has 11 heteroatoms. The van der Waals surface area contributed by atoms with E-state index in [2.05, 4.69) is 21.1 Å². The molecule has 2 N–H and O–H groups in total. The summed E-state index contributed by atoms with van der Waals surface area (Å²) in [5, 5.41) is 1.59. The van der Waals surface area contributed by atoms with Crippen LogP contribution in [0.4, 0.5) is 19.3 Å². The van der Waals surface area contributed by atoms with Gasteiger partial charge in [-0.2, -0.15) is 8.78 Å². The van der Waals surface area contributed by atoms with E-state index in [1.54, 1.807) is 25.4 Å². The molecule has 188 valence electrons. The summed E-state index contributed by atoms with van der Waals surface area (Å²) in [6, 6.07) is 4.71. The number of likely N-dealkylation sites (tertiary alicyclic amines) is 1. The number of sulfonamides is 1. The molecule has 35 heavy (non-hydrogen) atoms. The first kappa shape index (κ1) is 25.1. The van der Waals surface area contributed by atoms with Crippen LogP contribution in [0.5, 0.6) is 5.88 Å². The first-order valence-electron chi connectivity index (χ1n) is 11.3. The van der Waals surface area contributed by atoms with Gasteiger partial charge in [0, 0.05) is 36.5 Å². The molecule has 1 saturated heterocycles. The van der Waals surface area contributed by atoms with Crippen molar-refractivity contribution in [1.82, 2.24) is 14.6 Å². The minimum absolute atomic E-state index is 0.00522. The van der Waals surface area contributed by atoms with Crippen LogP contribution in [0.15, 0.2) is 36.0 Å². The Hall–Kier alpha value is -3.05. The summed E-state index contributed by atoms with van der Waals surface area (Å²) in [5.74, 6) is 0.408. The van der Waals surface area contributed by atoms with Gasteiger partial charge in [-0.25, -0.2) is 22.9 Å². The van der Waals surface area contributed by atoms with Crippen molar-refractivity contribution in [2.75, 3.05) is 32.6 Å². The van der Waals surface area contributed by atoms with Crippen molar-refractivity contribution < 1.29 is 26.7 Å². The van der Waals surface area contributed by atoms with Gasteiger partial charge in [0.15, 0.2) is 0 Å². The van der Waals surface area contributed by atoms with Crippen molar-refractivity contribution in [2.45, 2.75) is 37.9 Å². The Morgan fingerprint density at radius 1 is 1.26 bits per heavy atom. The summed E-state index contributed by atoms with van der Waals surface area (Å²) >= 11 is 0. The summed E-state index contributed by atoms with van der Waals surface area (Å²) in [6.07, 6.45) is 1.92. The number of halogens is 2. The van der Waals surface area contributed by atoms with E-state index in [1.807, 2.05) is 6.92 Å². The van der Waals surface area contributed by atoms with Crippen molar-refractivity contribution in [2.24, 2.45) is 0 Å². The average Bonchev–Trinajstić information content (AvgIpc) is 3.26. The van der Waals surface area contributed by atoms with E-state index in [-0.39, 0.29) is 25.1 Å². The highest BCUT2D eigenvalue weighted by molar-refractivity contribution is 7.90. The number of methoxy groups -OCH3 is 1. The standard InChI is InChI=1S/C24H28F2N4O4S/c1-14-9-15-5-4-6-19(15)22(21(14)16-7-8-27-20(11-16)34-3)28-24(31)29-35(32,33)18-10-17(23(25)26)12-30(2)13-18/h7-9,11,18H,4-6,10,12-13H2,1-3H3,(H2,28,29,31). The highest BCUT2D eigenvalue weighted by atomic mass is 32.2. The van der Waals surface area contributed by atoms with Crippen LogP contribution >= 0.6 is 0 Å². The lowest BCUT2D eigenvalue weighted by Gasteiger charge is -2.30. The fourth-order valence-electron chi connectivity index (χ4n) is 4.92. The summed E-state index contributed by atoms with van der Waals surface area (Å²) in [4.78, 5) is 18.6. The lowest BCUT2D eigenvalue weighted by Crippen LogP contribution is -2.48. The van der Waals surface area contributed by atoms with Crippen LogP contribution in [0.1, 0.15) is 29.5 Å². The van der Waals surface area contributed by atoms with Crippen molar-refractivity contribution in [3.63, 3.8) is 0 Å². The maximum Gasteiger partial charge on any atom is 0.332 e. The number of anilines is 1. The Labute approximate surface area is 203 Å². The van der Waals surface area contributed by atoms with E-state index < -0.39 is 27.4 Å². The number of nitrogens with one attached hydrogen (secondary N) is 2. The van der Waals surface area contributed by atoms with Gasteiger partial charge in [-0.3, -0.25) is 0 Å². The van der Waals surface area contributed by atoms with E-state index in [9.17, 15) is 22.0 Å². The minimum atomic E-state index is -4.22. The van der Waals surface area contributed by atoms with Gasteiger partial charge in [-0.05, 0) is 68.0 Å². The van der Waals surface area contributed by atoms with Gasteiger partial charge in [0.1, 0.15) is 0 Å². The maximum absolute atomic E-state index is 13.2. The third kappa shape index (κ3) is 5.30. The zero-order valence-electron chi connectivity index (χ0n) is 19.8. The number of carbonyl (C=O) groups excluding carboxylic acids is 1. The molecule has 1 fully saturated rings. The molecule has 8 nitrogen and oxygen atoms in total. The van der Waals surface area contributed by atoms with Crippen LogP contribution in [-0.4, -0.2) is 56.8 Å². The third-order valence-electron chi connectivity index (χ3n) is 6.46. The van der Waals surface area contributed by atoms with Crippen LogP contribution in [0, 0.1) is 6.92 Å². The number of carbonyl (C=O) groups is 1. The Kier molecular flexibility index (Phi) is 7.09. The number of piperidine rings is 1. The molecule has 1 unspecified atom stereocenters. The predicted molar refractivity (Wildman–Crippen MR) is 129 cm³/mol. The summed E-state index contributed by atoms with van der Waals surface area (Å²) in [7, 11) is -1.14. The molecule has 2 amide bonds. The van der Waals surface area contributed by atoms with Crippen LogP contribution in [-0.2, 0) is 22.9 Å². The predicted octanol–water partition coefficient (Wildman–Crippen LogP) is 3.86. The first-order valence-corrected chi connectivity index (χ1v) is 12.8. The quantitative estimate of drug-likeness (QED) is 0.639. The maximum atomic E-state index is 13.2. The SMILES string of the molecule is COc1cc(-c2c(C)cc3c(c2NC(=O)NS(=O)(=O)C2CC(=C(F)F)CN(C)C2)CCC3)ccn1. The molecule has 4 rings (SSSR count). The number of nitrogens with zero attached hydrogens (tertiary/aromatic N) is 2. The smallest absolute Gasteiger partial charge is 0.332 e. The Balaban J connectivity index is 1.65. The van der Waals surface area contributed by atoms with Gasteiger partial charge in [0.25, 0.3) is 6.08 Å². The second kappa shape index (κ2) is 9.90. The number of aryl methyl sites for hydroxylation is 2. The van der Waals surface area contributed by atoms with Crippen LogP contribution in [0.25, 0.3) is 11.1 Å². The summed E-state index contributed by atoms with van der Waals surface area (Å²) in [6.45, 7) is 1.97. The third-order valence-corrected chi connectivity index (χ3v) is 8.12. The van der Waals surface area contributed by atoms with Gasteiger partial charge in [0.2, 0.25) is 15.9 Å². The number of urea groups is 1. The van der Waals surface area contributed by atoms with Crippen molar-refractivity contribution >= 4 is 21.7 Å². The van der Waals surface area contributed by atoms with Gasteiger partial charge < -0.3 is 15.0 Å². The number of aromatic nitrogens is 1. The summed E-state index contributed by atoms with van der Waals surface area (Å²) < 4.78 is 59.5. The lowest BCUT2D eigenvalue weighted by atomic mass is 9.93. The zero-order chi connectivity index (χ0) is 25.3. The average molecular weight is 507 g/mol. The monoisotopic (exact) mass is 506 g/mol. The molecule has 2 aromatic rings. The van der Waals surface area contributed by atoms with Crippen molar-refractivity contribution in [3.05, 3.63) is 52.7 Å². The van der Waals surface area contributed by atoms with Crippen LogP contribution < -0.4 is 14.8 Å². The number of hydrogen-bond donors (Lipinski definition) is 2. The Morgan fingerprint density at radius 3 is 2.74 bits per heavy atom. The lowest BCUT2D eigenvalue weighted by molar-refractivity contribution is 0.256. The van der Waals surface area contributed by atoms with Crippen molar-refractivity contribution in [1.29, 1.82) is 0 Å². The van der Waals surface area contributed by atoms with Gasteiger partial charge in [0.05, 0.1) is 18.0 Å². The first-order chi connectivity index (χ1) is 16.6. The van der Waals surface area contributed by atoms with E-state index in [0.717, 1.165) is 47.1 Å². The molecule has 0 radical (unpaired) electrons. The number of hydrogen-bond acceptors (Lipinski definition) is 6. The van der Waals surface area contributed by atoms with Crippen LogP contribution in [0.2, 0.25) is 0 Å². The van der Waals surface area contributed by atoms with E-state index in [1.165, 1.54) is 12.0 Å². The second-order valence-corrected chi connectivity index (χ2v) is 11.0. The number of benzene rings is 1. The molecular formula is C24H28F2N4O4S. The summed E-state index contributed by atoms with van der Waals surface area (Å²) in [5.41, 5.74) is 4.79. The van der Waals surface area contributed by atoms with Gasteiger partial charge in [-0.15, -0.1) is 0 Å². The van der Waals surface area contributed by atoms with E-state index >= 15 is 0 Å². The fraction of sp³-hybridized carbons (Fsp3) is 0.417. The number of fused-ring (bicyclic) bond motifs is 1.